The van der Waals surface area contributed by atoms with Crippen molar-refractivity contribution in [1.29, 1.82) is 0 Å². The molecular formula is C6H3Cl5Fe. The normalized spacial score (nSPS) is 8.75. The predicted octanol–water partition coefficient (Wildman–Crippen LogP) is 5.12. The van der Waals surface area contributed by atoms with Gasteiger partial charge in [-0.05, 0) is 15.1 Å². The van der Waals surface area contributed by atoms with Gasteiger partial charge in [-0.15, -0.1) is 23.2 Å². The third-order valence-corrected chi connectivity index (χ3v) is 3.34. The van der Waals surface area contributed by atoms with Crippen molar-refractivity contribution in [3.05, 3.63) is 32.5 Å². The van der Waals surface area contributed by atoms with E-state index < -0.39 is 0 Å². The summed E-state index contributed by atoms with van der Waals surface area (Å²) in [7, 11) is 0. The fourth-order valence-corrected chi connectivity index (χ4v) is 1.67. The molecule has 0 saturated heterocycles. The van der Waals surface area contributed by atoms with Crippen LogP contribution in [0.25, 0.3) is 0 Å². The van der Waals surface area contributed by atoms with Crippen LogP contribution in [0.3, 0.4) is 0 Å². The molecule has 12 heavy (non-hydrogen) atoms. The smallest absolute Gasteiger partial charge is 0.358 e. The van der Waals surface area contributed by atoms with Crippen LogP contribution in [-0.4, -0.2) is 0 Å². The molecule has 0 aliphatic heterocycles. The molecule has 1 aromatic rings. The Balaban J connectivity index is 0. The molecule has 0 aliphatic rings. The molecule has 0 aliphatic carbocycles. The number of halogens is 5. The van der Waals surface area contributed by atoms with Crippen LogP contribution in [-0.2, 0) is 17.1 Å². The van der Waals surface area contributed by atoms with Crippen molar-refractivity contribution in [2.75, 3.05) is 0 Å². The van der Waals surface area contributed by atoms with Gasteiger partial charge in [-0.2, -0.15) is 34.8 Å². The van der Waals surface area contributed by atoms with Crippen LogP contribution >= 0.6 is 58.0 Å². The second-order valence-electron chi connectivity index (χ2n) is 1.57. The van der Waals surface area contributed by atoms with E-state index in [-0.39, 0.29) is 49.6 Å². The summed E-state index contributed by atoms with van der Waals surface area (Å²) in [6, 6.07) is 0. The standard InChI is InChI=1S/C5Cl5.CH3.Fe/c6-1-2(7)4(9)5(10)3(1)8;;/h;1H3;/q2*-1;+2. The van der Waals surface area contributed by atoms with Crippen LogP contribution in [0.15, 0.2) is 0 Å². The first-order chi connectivity index (χ1) is 4.55. The van der Waals surface area contributed by atoms with Gasteiger partial charge in [-0.25, -0.2) is 0 Å². The molecule has 1 rings (SSSR count). The van der Waals surface area contributed by atoms with Gasteiger partial charge >= 0.3 is 17.1 Å². The van der Waals surface area contributed by atoms with Crippen LogP contribution in [0.2, 0.25) is 25.1 Å². The minimum absolute atomic E-state index is 0. The van der Waals surface area contributed by atoms with E-state index in [1.165, 1.54) is 0 Å². The Morgan fingerprint density at radius 3 is 1.17 bits per heavy atom. The van der Waals surface area contributed by atoms with Crippen molar-refractivity contribution in [3.8, 4) is 0 Å². The SMILES string of the molecule is Clc1c(Cl)c(Cl)[c-](Cl)c1Cl.[CH3-].[Fe+2]. The molecule has 70 valence electrons. The van der Waals surface area contributed by atoms with E-state index in [4.69, 9.17) is 58.0 Å². The fraction of sp³-hybridized carbons (Fsp3) is 0. The van der Waals surface area contributed by atoms with Crippen molar-refractivity contribution in [1.82, 2.24) is 0 Å². The first-order valence-corrected chi connectivity index (χ1v) is 4.08. The van der Waals surface area contributed by atoms with Gasteiger partial charge in [-0.3, -0.25) is 0 Å². The average molecular weight is 308 g/mol. The molecular weight excluding hydrogens is 305 g/mol. The third kappa shape index (κ3) is 2.65. The second kappa shape index (κ2) is 5.93. The van der Waals surface area contributed by atoms with Crippen molar-refractivity contribution in [3.63, 3.8) is 0 Å². The van der Waals surface area contributed by atoms with Crippen LogP contribution < -0.4 is 0 Å². The van der Waals surface area contributed by atoms with E-state index in [0.717, 1.165) is 0 Å². The number of hydrogen-bond acceptors (Lipinski definition) is 0. The molecule has 0 saturated carbocycles. The Kier molecular flexibility index (Phi) is 7.79. The molecule has 0 N–H and O–H groups in total. The van der Waals surface area contributed by atoms with Gasteiger partial charge in [0.05, 0.1) is 0 Å². The quantitative estimate of drug-likeness (QED) is 0.461. The monoisotopic (exact) mass is 306 g/mol. The van der Waals surface area contributed by atoms with E-state index >= 15 is 0 Å². The van der Waals surface area contributed by atoms with Crippen molar-refractivity contribution >= 4 is 58.0 Å². The summed E-state index contributed by atoms with van der Waals surface area (Å²) in [5, 5.41) is 1.03. The summed E-state index contributed by atoms with van der Waals surface area (Å²) in [6.07, 6.45) is 0. The third-order valence-electron chi connectivity index (χ3n) is 0.964. The largest absolute Gasteiger partial charge is 2.00 e. The van der Waals surface area contributed by atoms with Gasteiger partial charge in [0.1, 0.15) is 0 Å². The first kappa shape index (κ1) is 15.8. The zero-order chi connectivity index (χ0) is 7.89. The Morgan fingerprint density at radius 2 is 1.08 bits per heavy atom. The van der Waals surface area contributed by atoms with Gasteiger partial charge < -0.3 is 7.43 Å². The van der Waals surface area contributed by atoms with Gasteiger partial charge in [0, 0.05) is 0 Å². The van der Waals surface area contributed by atoms with Crippen molar-refractivity contribution < 1.29 is 17.1 Å². The Bertz CT molecular complexity index is 187. The van der Waals surface area contributed by atoms with Crippen LogP contribution in [0.1, 0.15) is 0 Å². The number of hydrogen-bond donors (Lipinski definition) is 0. The molecule has 0 amide bonds. The Morgan fingerprint density at radius 1 is 0.833 bits per heavy atom. The molecule has 0 fully saturated rings. The summed E-state index contributed by atoms with van der Waals surface area (Å²) >= 11 is 27.9. The molecule has 0 radical (unpaired) electrons. The maximum Gasteiger partial charge on any atom is 2.00 e. The summed E-state index contributed by atoms with van der Waals surface area (Å²) in [5.74, 6) is 0. The van der Waals surface area contributed by atoms with E-state index in [2.05, 4.69) is 0 Å². The summed E-state index contributed by atoms with van der Waals surface area (Å²) in [5.41, 5.74) is 0. The molecule has 0 nitrogen and oxygen atoms in total. The van der Waals surface area contributed by atoms with E-state index in [0.29, 0.717) is 0 Å². The van der Waals surface area contributed by atoms with E-state index in [1.54, 1.807) is 0 Å². The predicted molar refractivity (Wildman–Crippen MR) is 53.5 cm³/mol. The zero-order valence-electron chi connectivity index (χ0n) is 5.74. The molecule has 0 spiro atoms. The topological polar surface area (TPSA) is 0 Å². The van der Waals surface area contributed by atoms with Crippen LogP contribution in [0.5, 0.6) is 0 Å². The van der Waals surface area contributed by atoms with Crippen LogP contribution in [0.4, 0.5) is 0 Å². The minimum Gasteiger partial charge on any atom is -0.358 e. The molecule has 6 heteroatoms. The Hall–Kier alpha value is 1.32. The molecule has 0 atom stereocenters. The van der Waals surface area contributed by atoms with Gasteiger partial charge in [0.25, 0.3) is 0 Å². The van der Waals surface area contributed by atoms with E-state index in [1.807, 2.05) is 0 Å². The Labute approximate surface area is 107 Å². The van der Waals surface area contributed by atoms with Gasteiger partial charge in [-0.1, -0.05) is 10.0 Å². The fourth-order valence-electron chi connectivity index (χ4n) is 0.482. The molecule has 0 unspecified atom stereocenters. The second-order valence-corrected chi connectivity index (χ2v) is 3.46. The molecule has 0 aromatic heterocycles. The van der Waals surface area contributed by atoms with Crippen LogP contribution in [0, 0.1) is 7.43 Å². The van der Waals surface area contributed by atoms with Crippen molar-refractivity contribution in [2.24, 2.45) is 0 Å². The van der Waals surface area contributed by atoms with Crippen molar-refractivity contribution in [2.45, 2.75) is 0 Å². The maximum atomic E-state index is 5.57. The molecule has 0 bridgehead atoms. The van der Waals surface area contributed by atoms with Gasteiger partial charge in [0.2, 0.25) is 0 Å². The summed E-state index contributed by atoms with van der Waals surface area (Å²) in [6.45, 7) is 0. The summed E-state index contributed by atoms with van der Waals surface area (Å²) in [4.78, 5) is 0. The number of rotatable bonds is 0. The van der Waals surface area contributed by atoms with E-state index in [9.17, 15) is 0 Å². The summed E-state index contributed by atoms with van der Waals surface area (Å²) < 4.78 is 0. The van der Waals surface area contributed by atoms with Gasteiger partial charge in [0.15, 0.2) is 0 Å². The molecule has 1 aromatic carbocycles. The molecule has 0 heterocycles. The first-order valence-electron chi connectivity index (χ1n) is 2.19. The minimum atomic E-state index is 0. The maximum absolute atomic E-state index is 5.57. The zero-order valence-corrected chi connectivity index (χ0v) is 10.6. The average Bonchev–Trinajstić information content (AvgIpc) is 2.07.